The molecule has 2 nitrogen and oxygen atoms in total. The first-order chi connectivity index (χ1) is 4.91. The van der Waals surface area contributed by atoms with Crippen molar-refractivity contribution in [3.63, 3.8) is 0 Å². The Hall–Kier alpha value is -0.551. The van der Waals surface area contributed by atoms with Gasteiger partial charge in [-0.1, -0.05) is 0 Å². The van der Waals surface area contributed by atoms with Gasteiger partial charge >= 0.3 is 33.2 Å². The van der Waals surface area contributed by atoms with Gasteiger partial charge in [0.05, 0.1) is 0 Å². The maximum atomic E-state index is 9.02. The second-order valence-electron chi connectivity index (χ2n) is 1.24. The fourth-order valence-corrected chi connectivity index (χ4v) is 0.401. The van der Waals surface area contributed by atoms with Gasteiger partial charge in [-0.25, -0.2) is 12.2 Å². The van der Waals surface area contributed by atoms with Crippen LogP contribution in [0, 0.1) is 6.08 Å². The number of carbonyl (C=O) groups excluding carboxylic acids is 2. The maximum Gasteiger partial charge on any atom is -0.109 e. The molecule has 1 aliphatic rings. The van der Waals surface area contributed by atoms with Crippen LogP contribution in [0.1, 0.15) is 6.42 Å². The van der Waals surface area contributed by atoms with Crippen molar-refractivity contribution in [2.75, 3.05) is 0 Å². The summed E-state index contributed by atoms with van der Waals surface area (Å²) >= 11 is -0.222. The van der Waals surface area contributed by atoms with Crippen molar-refractivity contribution in [1.82, 2.24) is 0 Å². The third-order valence-electron chi connectivity index (χ3n) is 0.658. The van der Waals surface area contributed by atoms with Crippen molar-refractivity contribution < 1.29 is 36.1 Å². The molecule has 0 N–H and O–H groups in total. The molecular weight excluding hydrogens is 207 g/mol. The smallest absolute Gasteiger partial charge is 0.109 e. The summed E-state index contributed by atoms with van der Waals surface area (Å²) in [4.78, 5) is 20.7. The average molecular weight is 212 g/mol. The van der Waals surface area contributed by atoms with Gasteiger partial charge in [-0.3, -0.25) is 6.08 Å². The number of halogens is 1. The molecular formula is C7H5ClFeO2-2. The standard InChI is InChI=1S/C5H5.2CO.ClH.Fe/c1-2-4-5-3-1;2*1-2;;/h1-3H,4H2;;;1H;/q-1;;;;/p-1. The van der Waals surface area contributed by atoms with E-state index >= 15 is 0 Å². The van der Waals surface area contributed by atoms with E-state index in [1.165, 1.54) is 9.57 Å². The van der Waals surface area contributed by atoms with Gasteiger partial charge in [-0.2, -0.15) is 6.08 Å². The summed E-state index contributed by atoms with van der Waals surface area (Å²) in [5.41, 5.74) is 0. The van der Waals surface area contributed by atoms with Crippen LogP contribution in [0.4, 0.5) is 0 Å². The Balaban J connectivity index is 0. The Labute approximate surface area is 76.6 Å². The van der Waals surface area contributed by atoms with E-state index in [1.54, 1.807) is 0 Å². The first-order valence-electron chi connectivity index (χ1n) is 2.48. The summed E-state index contributed by atoms with van der Waals surface area (Å²) < 4.78 is 0. The van der Waals surface area contributed by atoms with Crippen LogP contribution in [0.3, 0.4) is 0 Å². The molecule has 0 aliphatic heterocycles. The first-order valence-corrected chi connectivity index (χ1v) is 3.58. The van der Waals surface area contributed by atoms with Crippen molar-refractivity contribution in [3.05, 3.63) is 24.3 Å². The van der Waals surface area contributed by atoms with Crippen molar-refractivity contribution in [2.45, 2.75) is 6.42 Å². The summed E-state index contributed by atoms with van der Waals surface area (Å²) in [6.45, 7) is 0. The zero-order chi connectivity index (χ0) is 7.66. The Morgan fingerprint density at radius 1 is 1.36 bits per heavy atom. The van der Waals surface area contributed by atoms with E-state index in [9.17, 15) is 0 Å². The van der Waals surface area contributed by atoms with E-state index in [-0.39, 0.29) is 26.5 Å². The van der Waals surface area contributed by atoms with E-state index < -0.39 is 0 Å². The molecule has 0 unspecified atom stereocenters. The fraction of sp³-hybridized carbons (Fsp3) is 0.143. The van der Waals surface area contributed by atoms with Crippen LogP contribution in [0.25, 0.3) is 0 Å². The zero-order valence-electron chi connectivity index (χ0n) is 5.49. The van der Waals surface area contributed by atoms with Crippen LogP contribution >= 0.6 is 0 Å². The third kappa shape index (κ3) is 12.6. The van der Waals surface area contributed by atoms with Gasteiger partial charge in [-0.15, -0.1) is 6.42 Å². The predicted octanol–water partition coefficient (Wildman–Crippen LogP) is -2.49. The van der Waals surface area contributed by atoms with E-state index in [2.05, 4.69) is 12.2 Å². The Morgan fingerprint density at radius 2 is 2.00 bits per heavy atom. The van der Waals surface area contributed by atoms with Gasteiger partial charge in [0.1, 0.15) is 0 Å². The molecule has 0 spiro atoms. The van der Waals surface area contributed by atoms with Gasteiger partial charge < -0.3 is 12.4 Å². The normalized spacial score (nSPS) is 10.2. The molecule has 0 saturated carbocycles. The van der Waals surface area contributed by atoms with Crippen LogP contribution in [-0.4, -0.2) is 9.57 Å². The van der Waals surface area contributed by atoms with Gasteiger partial charge in [-0.05, 0) is 0 Å². The summed E-state index contributed by atoms with van der Waals surface area (Å²) in [5.74, 6) is 0. The summed E-state index contributed by atoms with van der Waals surface area (Å²) in [5, 5.41) is 0. The maximum absolute atomic E-state index is 9.02. The van der Waals surface area contributed by atoms with Crippen molar-refractivity contribution in [3.8, 4) is 0 Å². The summed E-state index contributed by atoms with van der Waals surface area (Å²) in [6.07, 6.45) is 10.0. The SMILES string of the molecule is O=[C]=[Fe]=[C]=O.[C-]1=CC=CC1.[Cl-]. The minimum Gasteiger partial charge on any atom is -1.00 e. The van der Waals surface area contributed by atoms with Gasteiger partial charge in [0, 0.05) is 0 Å². The minimum absolute atomic E-state index is 0. The van der Waals surface area contributed by atoms with Gasteiger partial charge in [0.25, 0.3) is 0 Å². The molecule has 0 aromatic heterocycles. The zero-order valence-corrected chi connectivity index (χ0v) is 7.35. The monoisotopic (exact) mass is 212 g/mol. The molecule has 0 aromatic rings. The molecule has 11 heavy (non-hydrogen) atoms. The number of hydrogen-bond acceptors (Lipinski definition) is 2. The van der Waals surface area contributed by atoms with Gasteiger partial charge in [0.15, 0.2) is 0 Å². The Morgan fingerprint density at radius 3 is 2.09 bits per heavy atom. The molecule has 0 heterocycles. The molecule has 0 atom stereocenters. The third-order valence-corrected chi connectivity index (χ3v) is 0.883. The van der Waals surface area contributed by atoms with Crippen LogP contribution in [0.2, 0.25) is 0 Å². The summed E-state index contributed by atoms with van der Waals surface area (Å²) in [7, 11) is 0. The number of hydrogen-bond donors (Lipinski definition) is 0. The van der Waals surface area contributed by atoms with Crippen molar-refractivity contribution in [2.24, 2.45) is 0 Å². The molecule has 1 rings (SSSR count). The van der Waals surface area contributed by atoms with E-state index in [1.807, 2.05) is 12.2 Å². The van der Waals surface area contributed by atoms with E-state index in [0.717, 1.165) is 6.42 Å². The second-order valence-corrected chi connectivity index (χ2v) is 1.96. The topological polar surface area (TPSA) is 34.1 Å². The van der Waals surface area contributed by atoms with Crippen molar-refractivity contribution >= 4 is 9.57 Å². The molecule has 1 aliphatic carbocycles. The minimum atomic E-state index is -0.222. The second kappa shape index (κ2) is 12.2. The predicted molar refractivity (Wildman–Crippen MR) is 33.0 cm³/mol. The molecule has 0 fully saturated rings. The molecule has 0 aromatic carbocycles. The molecule has 0 amide bonds. The van der Waals surface area contributed by atoms with E-state index in [0.29, 0.717) is 0 Å². The quantitative estimate of drug-likeness (QED) is 0.329. The molecule has 0 bridgehead atoms. The molecule has 4 heteroatoms. The number of allylic oxidation sites excluding steroid dienone is 4. The van der Waals surface area contributed by atoms with E-state index in [4.69, 9.17) is 9.59 Å². The largest absolute Gasteiger partial charge is 1.00 e. The Kier molecular flexibility index (Phi) is 14.4. The average Bonchev–Trinajstić information content (AvgIpc) is 2.44. The van der Waals surface area contributed by atoms with Crippen LogP contribution in [0.5, 0.6) is 0 Å². The number of rotatable bonds is 0. The first kappa shape index (κ1) is 13.1. The van der Waals surface area contributed by atoms with Crippen molar-refractivity contribution in [1.29, 1.82) is 0 Å². The molecule has 0 saturated heterocycles. The van der Waals surface area contributed by atoms with Gasteiger partial charge in [0.2, 0.25) is 0 Å². The Bertz CT molecular complexity index is 219. The van der Waals surface area contributed by atoms with Crippen LogP contribution in [-0.2, 0) is 23.7 Å². The van der Waals surface area contributed by atoms with Crippen LogP contribution < -0.4 is 12.4 Å². The molecule has 62 valence electrons. The van der Waals surface area contributed by atoms with Crippen LogP contribution in [0.15, 0.2) is 18.2 Å². The fourth-order valence-electron chi connectivity index (χ4n) is 0.355. The molecule has 0 radical (unpaired) electrons. The summed E-state index contributed by atoms with van der Waals surface area (Å²) in [6, 6.07) is 0.